The smallest absolute Gasteiger partial charge is 0.0840 e. The number of hydrogen-bond donors (Lipinski definition) is 2. The van der Waals surface area contributed by atoms with E-state index in [2.05, 4.69) is 0 Å². The Labute approximate surface area is 47.9 Å². The highest BCUT2D eigenvalue weighted by atomic mass is 35.5. The predicted molar refractivity (Wildman–Crippen MR) is 26.6 cm³/mol. The molecular formula is C3H8ClNO2. The molecule has 2 N–H and O–H groups in total. The lowest BCUT2D eigenvalue weighted by Crippen LogP contribution is -2.48. The van der Waals surface area contributed by atoms with Crippen molar-refractivity contribution >= 4 is 12.4 Å². The molecule has 0 unspecified atom stereocenters. The van der Waals surface area contributed by atoms with Crippen molar-refractivity contribution in [3.8, 4) is 0 Å². The van der Waals surface area contributed by atoms with Crippen LogP contribution in [-0.2, 0) is 0 Å². The third kappa shape index (κ3) is 1.61. The Morgan fingerprint density at radius 3 is 1.86 bits per heavy atom. The Balaban J connectivity index is 0.000000360. The van der Waals surface area contributed by atoms with Crippen molar-refractivity contribution in [2.45, 2.75) is 6.10 Å². The van der Waals surface area contributed by atoms with E-state index in [-0.39, 0.29) is 18.5 Å². The topological polar surface area (TPSA) is 43.7 Å². The molecule has 0 aliphatic carbocycles. The maximum absolute atomic E-state index is 8.42. The van der Waals surface area contributed by atoms with Gasteiger partial charge in [0, 0.05) is 0 Å². The molecule has 1 aliphatic heterocycles. The van der Waals surface area contributed by atoms with Crippen LogP contribution in [0.5, 0.6) is 0 Å². The fraction of sp³-hybridized carbons (Fsp3) is 1.00. The normalized spacial score (nSPS) is 23.1. The van der Waals surface area contributed by atoms with Crippen LogP contribution >= 0.6 is 12.4 Å². The highest BCUT2D eigenvalue weighted by Crippen LogP contribution is 2.00. The van der Waals surface area contributed by atoms with Crippen molar-refractivity contribution in [2.75, 3.05) is 13.1 Å². The molecule has 1 rings (SSSR count). The summed E-state index contributed by atoms with van der Waals surface area (Å²) in [6.07, 6.45) is -0.282. The Morgan fingerprint density at radius 2 is 1.86 bits per heavy atom. The zero-order chi connectivity index (χ0) is 4.57. The largest absolute Gasteiger partial charge is 0.390 e. The van der Waals surface area contributed by atoms with Crippen molar-refractivity contribution in [3.05, 3.63) is 0 Å². The molecule has 0 aromatic rings. The van der Waals surface area contributed by atoms with Crippen molar-refractivity contribution in [2.24, 2.45) is 0 Å². The van der Waals surface area contributed by atoms with Gasteiger partial charge in [-0.2, -0.15) is 5.06 Å². The summed E-state index contributed by atoms with van der Waals surface area (Å²) >= 11 is 0. The van der Waals surface area contributed by atoms with Crippen LogP contribution in [0.25, 0.3) is 0 Å². The maximum atomic E-state index is 8.42. The number of nitrogens with zero attached hydrogens (tertiary/aromatic N) is 1. The van der Waals surface area contributed by atoms with Crippen molar-refractivity contribution in [1.82, 2.24) is 5.06 Å². The van der Waals surface area contributed by atoms with Crippen molar-refractivity contribution in [1.29, 1.82) is 0 Å². The fourth-order valence-electron chi connectivity index (χ4n) is 0.433. The first kappa shape index (κ1) is 7.17. The number of aliphatic hydroxyl groups excluding tert-OH is 1. The van der Waals surface area contributed by atoms with Gasteiger partial charge >= 0.3 is 0 Å². The SMILES string of the molecule is Cl.OC1CN(O)C1. The molecule has 0 bridgehead atoms. The molecule has 0 saturated carbocycles. The summed E-state index contributed by atoms with van der Waals surface area (Å²) in [6, 6.07) is 0. The van der Waals surface area contributed by atoms with Crippen LogP contribution in [-0.4, -0.2) is 34.6 Å². The van der Waals surface area contributed by atoms with Gasteiger partial charge in [-0.1, -0.05) is 0 Å². The predicted octanol–water partition coefficient (Wildman–Crippen LogP) is -0.526. The highest BCUT2D eigenvalue weighted by Gasteiger charge is 2.21. The molecule has 0 aromatic heterocycles. The number of hydroxylamine groups is 2. The quantitative estimate of drug-likeness (QED) is 0.458. The number of rotatable bonds is 0. The van der Waals surface area contributed by atoms with Gasteiger partial charge in [-0.05, 0) is 0 Å². The first-order chi connectivity index (χ1) is 2.79. The van der Waals surface area contributed by atoms with Gasteiger partial charge in [-0.3, -0.25) is 0 Å². The van der Waals surface area contributed by atoms with Crippen LogP contribution in [0.15, 0.2) is 0 Å². The average molecular weight is 126 g/mol. The van der Waals surface area contributed by atoms with Gasteiger partial charge in [0.2, 0.25) is 0 Å². The van der Waals surface area contributed by atoms with Crippen molar-refractivity contribution < 1.29 is 10.3 Å². The van der Waals surface area contributed by atoms with E-state index in [1.807, 2.05) is 0 Å². The van der Waals surface area contributed by atoms with E-state index in [0.29, 0.717) is 13.1 Å². The summed E-state index contributed by atoms with van der Waals surface area (Å²) in [6.45, 7) is 0.833. The Morgan fingerprint density at radius 1 is 1.43 bits per heavy atom. The van der Waals surface area contributed by atoms with Gasteiger partial charge in [0.05, 0.1) is 19.2 Å². The van der Waals surface area contributed by atoms with E-state index in [0.717, 1.165) is 5.06 Å². The van der Waals surface area contributed by atoms with Crippen LogP contribution < -0.4 is 0 Å². The van der Waals surface area contributed by atoms with Gasteiger partial charge in [0.1, 0.15) is 0 Å². The van der Waals surface area contributed by atoms with Crippen LogP contribution in [0.4, 0.5) is 0 Å². The molecule has 0 amide bonds. The van der Waals surface area contributed by atoms with E-state index < -0.39 is 0 Å². The lowest BCUT2D eigenvalue weighted by molar-refractivity contribution is -0.190. The molecule has 1 heterocycles. The first-order valence-corrected chi connectivity index (χ1v) is 1.91. The fourth-order valence-corrected chi connectivity index (χ4v) is 0.433. The molecule has 0 spiro atoms. The lowest BCUT2D eigenvalue weighted by atomic mass is 10.2. The van der Waals surface area contributed by atoms with Gasteiger partial charge in [-0.15, -0.1) is 12.4 Å². The zero-order valence-corrected chi connectivity index (χ0v) is 4.56. The third-order valence-corrected chi connectivity index (χ3v) is 0.843. The molecule has 1 fully saturated rings. The summed E-state index contributed by atoms with van der Waals surface area (Å²) in [5.41, 5.74) is 0. The maximum Gasteiger partial charge on any atom is 0.0840 e. The molecule has 0 aromatic carbocycles. The molecule has 7 heavy (non-hydrogen) atoms. The van der Waals surface area contributed by atoms with Gasteiger partial charge in [0.15, 0.2) is 0 Å². The van der Waals surface area contributed by atoms with Gasteiger partial charge < -0.3 is 10.3 Å². The second kappa shape index (κ2) is 2.47. The van der Waals surface area contributed by atoms with Gasteiger partial charge in [-0.25, -0.2) is 0 Å². The summed E-state index contributed by atoms with van der Waals surface area (Å²) in [7, 11) is 0. The minimum Gasteiger partial charge on any atom is -0.390 e. The van der Waals surface area contributed by atoms with Gasteiger partial charge in [0.25, 0.3) is 0 Å². The molecule has 1 aliphatic rings. The minimum absolute atomic E-state index is 0. The minimum atomic E-state index is -0.282. The van der Waals surface area contributed by atoms with E-state index >= 15 is 0 Å². The summed E-state index contributed by atoms with van der Waals surface area (Å²) in [4.78, 5) is 0. The molecular weight excluding hydrogens is 117 g/mol. The van der Waals surface area contributed by atoms with Crippen LogP contribution in [0.1, 0.15) is 0 Å². The highest BCUT2D eigenvalue weighted by molar-refractivity contribution is 5.85. The first-order valence-electron chi connectivity index (χ1n) is 1.91. The Bertz CT molecular complexity index is 48.9. The standard InChI is InChI=1S/C3H7NO2.ClH/c5-3-1-4(6)2-3;/h3,5-6H,1-2H2;1H. The van der Waals surface area contributed by atoms with E-state index in [4.69, 9.17) is 10.3 Å². The molecule has 4 heteroatoms. The van der Waals surface area contributed by atoms with E-state index in [1.165, 1.54) is 0 Å². The Hall–Kier alpha value is 0.170. The molecule has 44 valence electrons. The third-order valence-electron chi connectivity index (χ3n) is 0.843. The van der Waals surface area contributed by atoms with Crippen LogP contribution in [0.3, 0.4) is 0 Å². The molecule has 1 saturated heterocycles. The number of aliphatic hydroxyl groups is 1. The molecule has 0 radical (unpaired) electrons. The summed E-state index contributed by atoms with van der Waals surface area (Å²) in [5, 5.41) is 17.8. The second-order valence-corrected chi connectivity index (χ2v) is 1.53. The number of halogens is 1. The number of hydrogen-bond acceptors (Lipinski definition) is 3. The van der Waals surface area contributed by atoms with E-state index in [9.17, 15) is 0 Å². The van der Waals surface area contributed by atoms with Crippen LogP contribution in [0, 0.1) is 0 Å². The number of β-amino-alcohol motifs (C(OH)–C–C–N with tert-alkyl or cyclic N) is 1. The lowest BCUT2D eigenvalue weighted by Gasteiger charge is -2.29. The van der Waals surface area contributed by atoms with Crippen LogP contribution in [0.2, 0.25) is 0 Å². The molecule has 3 nitrogen and oxygen atoms in total. The Kier molecular flexibility index (Phi) is 2.53. The molecule has 0 atom stereocenters. The van der Waals surface area contributed by atoms with E-state index in [1.54, 1.807) is 0 Å². The monoisotopic (exact) mass is 125 g/mol. The van der Waals surface area contributed by atoms with Crippen molar-refractivity contribution in [3.63, 3.8) is 0 Å². The second-order valence-electron chi connectivity index (χ2n) is 1.53. The zero-order valence-electron chi connectivity index (χ0n) is 3.74. The summed E-state index contributed by atoms with van der Waals surface area (Å²) < 4.78 is 0. The average Bonchev–Trinajstić information content (AvgIpc) is 1.33. The summed E-state index contributed by atoms with van der Waals surface area (Å²) in [5.74, 6) is 0.